The fourth-order valence-electron chi connectivity index (χ4n) is 5.82. The summed E-state index contributed by atoms with van der Waals surface area (Å²) in [7, 11) is 0. The molecular formula is C21H28O4. The molecule has 0 aromatic heterocycles. The smallest absolute Gasteiger partial charge is 0.303 e. The molecule has 0 amide bonds. The normalized spacial score (nSPS) is 48.0. The molecule has 4 heteroatoms. The first-order valence-electron chi connectivity index (χ1n) is 9.41. The Morgan fingerprint density at radius 2 is 2.00 bits per heavy atom. The van der Waals surface area contributed by atoms with Crippen LogP contribution in [-0.2, 0) is 9.53 Å². The van der Waals surface area contributed by atoms with Crippen LogP contribution in [0.1, 0.15) is 46.5 Å². The van der Waals surface area contributed by atoms with Gasteiger partial charge in [-0.05, 0) is 54.1 Å². The van der Waals surface area contributed by atoms with E-state index in [4.69, 9.17) is 4.74 Å². The van der Waals surface area contributed by atoms with Crippen LogP contribution in [0.25, 0.3) is 0 Å². The molecule has 0 aliphatic heterocycles. The summed E-state index contributed by atoms with van der Waals surface area (Å²) in [4.78, 5) is 11.8. The van der Waals surface area contributed by atoms with Gasteiger partial charge in [-0.25, -0.2) is 0 Å². The molecule has 25 heavy (non-hydrogen) atoms. The third-order valence-corrected chi connectivity index (χ3v) is 7.34. The number of hydrogen-bond acceptors (Lipinski definition) is 4. The maximum Gasteiger partial charge on any atom is 0.303 e. The Morgan fingerprint density at radius 1 is 1.24 bits per heavy atom. The Balaban J connectivity index is 1.85. The quantitative estimate of drug-likeness (QED) is 0.567. The molecule has 2 N–H and O–H groups in total. The van der Waals surface area contributed by atoms with Crippen molar-refractivity contribution in [2.75, 3.05) is 0 Å². The van der Waals surface area contributed by atoms with Gasteiger partial charge in [-0.3, -0.25) is 4.79 Å². The number of carbonyl (C=O) groups excluding carboxylic acids is 1. The minimum absolute atomic E-state index is 0.0269. The molecule has 0 bridgehead atoms. The van der Waals surface area contributed by atoms with Crippen molar-refractivity contribution in [1.82, 2.24) is 0 Å². The van der Waals surface area contributed by atoms with Gasteiger partial charge in [-0.1, -0.05) is 38.2 Å². The van der Waals surface area contributed by atoms with Gasteiger partial charge < -0.3 is 14.9 Å². The minimum atomic E-state index is -0.469. The zero-order valence-electron chi connectivity index (χ0n) is 15.2. The average Bonchev–Trinajstić information content (AvgIpc) is 2.84. The van der Waals surface area contributed by atoms with Gasteiger partial charge in [-0.15, -0.1) is 0 Å². The van der Waals surface area contributed by atoms with E-state index >= 15 is 0 Å². The first-order chi connectivity index (χ1) is 11.8. The lowest BCUT2D eigenvalue weighted by molar-refractivity contribution is -0.148. The summed E-state index contributed by atoms with van der Waals surface area (Å²) in [5.41, 5.74) is 2.07. The highest BCUT2D eigenvalue weighted by atomic mass is 16.5. The Labute approximate surface area is 149 Å². The van der Waals surface area contributed by atoms with E-state index in [9.17, 15) is 15.0 Å². The summed E-state index contributed by atoms with van der Waals surface area (Å²) in [6.07, 6.45) is 10.3. The molecule has 4 aliphatic carbocycles. The summed E-state index contributed by atoms with van der Waals surface area (Å²) in [5.74, 6) is 0.324. The number of ether oxygens (including phenoxy) is 1. The molecule has 4 nitrogen and oxygen atoms in total. The van der Waals surface area contributed by atoms with Gasteiger partial charge in [0.2, 0.25) is 0 Å². The van der Waals surface area contributed by atoms with Crippen molar-refractivity contribution < 1.29 is 19.7 Å². The molecule has 0 spiro atoms. The van der Waals surface area contributed by atoms with E-state index in [0.29, 0.717) is 5.92 Å². The second-order valence-electron chi connectivity index (χ2n) is 8.74. The van der Waals surface area contributed by atoms with Crippen LogP contribution >= 0.6 is 0 Å². The van der Waals surface area contributed by atoms with Gasteiger partial charge in [0.05, 0.1) is 12.2 Å². The van der Waals surface area contributed by atoms with Crippen molar-refractivity contribution >= 4 is 5.97 Å². The lowest BCUT2D eigenvalue weighted by Crippen LogP contribution is -2.51. The molecule has 0 heterocycles. The molecule has 4 rings (SSSR count). The minimum Gasteiger partial charge on any atom is -0.458 e. The van der Waals surface area contributed by atoms with E-state index in [1.165, 1.54) is 18.1 Å². The van der Waals surface area contributed by atoms with Crippen molar-refractivity contribution in [2.24, 2.45) is 22.7 Å². The van der Waals surface area contributed by atoms with E-state index < -0.39 is 12.2 Å². The van der Waals surface area contributed by atoms with Crippen molar-refractivity contribution in [3.8, 4) is 0 Å². The molecule has 0 aromatic rings. The SMILES string of the molecule is CC(=O)O[C@H]1CC2C[C@@H](O)C=C[C@]2(C)[C@H]2CC[C@@]3(C)C(=C12)C=C[C@@H]3O. The molecule has 0 aromatic carbocycles. The largest absolute Gasteiger partial charge is 0.458 e. The second-order valence-corrected chi connectivity index (χ2v) is 8.74. The number of hydrogen-bond donors (Lipinski definition) is 2. The van der Waals surface area contributed by atoms with Gasteiger partial charge >= 0.3 is 5.97 Å². The van der Waals surface area contributed by atoms with Gasteiger partial charge in [0.25, 0.3) is 0 Å². The van der Waals surface area contributed by atoms with Gasteiger partial charge in [0, 0.05) is 12.3 Å². The number of fused-ring (bicyclic) bond motifs is 4. The number of allylic oxidation sites excluding steroid dienone is 2. The van der Waals surface area contributed by atoms with Crippen molar-refractivity contribution in [1.29, 1.82) is 0 Å². The highest BCUT2D eigenvalue weighted by molar-refractivity contribution is 5.67. The van der Waals surface area contributed by atoms with Crippen LogP contribution in [0.4, 0.5) is 0 Å². The first-order valence-corrected chi connectivity index (χ1v) is 9.41. The summed E-state index contributed by atoms with van der Waals surface area (Å²) in [6, 6.07) is 0. The Bertz CT molecular complexity index is 690. The highest BCUT2D eigenvalue weighted by Gasteiger charge is 2.56. The predicted octanol–water partition coefficient (Wildman–Crippen LogP) is 2.91. The molecule has 1 saturated carbocycles. The van der Waals surface area contributed by atoms with Crippen molar-refractivity contribution in [3.05, 3.63) is 35.5 Å². The van der Waals surface area contributed by atoms with Crippen LogP contribution in [-0.4, -0.2) is 34.5 Å². The summed E-state index contributed by atoms with van der Waals surface area (Å²) in [5, 5.41) is 20.6. The summed E-state index contributed by atoms with van der Waals surface area (Å²) in [6.45, 7) is 5.87. The van der Waals surface area contributed by atoms with Gasteiger partial charge in [0.15, 0.2) is 0 Å². The topological polar surface area (TPSA) is 66.8 Å². The molecule has 4 aliphatic rings. The molecule has 136 valence electrons. The number of aliphatic hydroxyl groups excluding tert-OH is 2. The highest BCUT2D eigenvalue weighted by Crippen LogP contribution is 2.61. The Morgan fingerprint density at radius 3 is 2.72 bits per heavy atom. The van der Waals surface area contributed by atoms with Crippen molar-refractivity contribution in [3.63, 3.8) is 0 Å². The van der Waals surface area contributed by atoms with Crippen LogP contribution in [0.3, 0.4) is 0 Å². The number of carbonyl (C=O) groups is 1. The second kappa shape index (κ2) is 5.55. The van der Waals surface area contributed by atoms with Crippen molar-refractivity contribution in [2.45, 2.75) is 64.8 Å². The summed E-state index contributed by atoms with van der Waals surface area (Å²) < 4.78 is 5.76. The molecule has 1 fully saturated rings. The standard InChI is InChI=1S/C21H28O4/c1-12(22)25-17-11-13-10-14(23)6-8-20(13,2)16-7-9-21(3)15(19(16)17)4-5-18(21)24/h4-6,8,13-14,16-18,23-24H,7,9-11H2,1-3H3/t13?,14-,16-,17-,18-,20-,21-/m0/s1. The van der Waals surface area contributed by atoms with Crippen LogP contribution < -0.4 is 0 Å². The fourth-order valence-corrected chi connectivity index (χ4v) is 5.82. The zero-order chi connectivity index (χ0) is 18.0. The predicted molar refractivity (Wildman–Crippen MR) is 94.5 cm³/mol. The van der Waals surface area contributed by atoms with Crippen LogP contribution in [0.5, 0.6) is 0 Å². The average molecular weight is 344 g/mol. The maximum atomic E-state index is 11.8. The van der Waals surface area contributed by atoms with E-state index in [-0.39, 0.29) is 28.8 Å². The monoisotopic (exact) mass is 344 g/mol. The maximum absolute atomic E-state index is 11.8. The van der Waals surface area contributed by atoms with E-state index in [2.05, 4.69) is 19.9 Å². The fraction of sp³-hybridized carbons (Fsp3) is 0.667. The molecular weight excluding hydrogens is 316 g/mol. The third-order valence-electron chi connectivity index (χ3n) is 7.34. The van der Waals surface area contributed by atoms with Gasteiger partial charge in [-0.2, -0.15) is 0 Å². The zero-order valence-corrected chi connectivity index (χ0v) is 15.2. The van der Waals surface area contributed by atoms with E-state index in [0.717, 1.165) is 25.7 Å². The molecule has 0 radical (unpaired) electrons. The number of aliphatic hydroxyl groups is 2. The van der Waals surface area contributed by atoms with Crippen LogP contribution in [0, 0.1) is 22.7 Å². The van der Waals surface area contributed by atoms with Gasteiger partial charge in [0.1, 0.15) is 6.10 Å². The lowest BCUT2D eigenvalue weighted by Gasteiger charge is -2.55. The van der Waals surface area contributed by atoms with E-state index in [1.54, 1.807) is 0 Å². The summed E-state index contributed by atoms with van der Waals surface area (Å²) >= 11 is 0. The lowest BCUT2D eigenvalue weighted by atomic mass is 9.50. The Hall–Kier alpha value is -1.39. The van der Waals surface area contributed by atoms with Crippen LogP contribution in [0.15, 0.2) is 35.5 Å². The third kappa shape index (κ3) is 2.37. The Kier molecular flexibility index (Phi) is 3.79. The number of esters is 1. The molecule has 1 unspecified atom stereocenters. The molecule has 0 saturated heterocycles. The van der Waals surface area contributed by atoms with Crippen LogP contribution in [0.2, 0.25) is 0 Å². The van der Waals surface area contributed by atoms with E-state index in [1.807, 2.05) is 18.2 Å². The number of rotatable bonds is 1. The molecule has 7 atom stereocenters. The first kappa shape index (κ1) is 17.0.